The van der Waals surface area contributed by atoms with Gasteiger partial charge in [-0.15, -0.1) is 11.8 Å². The number of imide groups is 1. The number of hydrogen-bond donors (Lipinski definition) is 1. The van der Waals surface area contributed by atoms with Crippen LogP contribution in [0.5, 0.6) is 0 Å². The van der Waals surface area contributed by atoms with E-state index in [-0.39, 0.29) is 11.5 Å². The highest BCUT2D eigenvalue weighted by molar-refractivity contribution is 8.01. The van der Waals surface area contributed by atoms with Gasteiger partial charge in [0.25, 0.3) is 5.91 Å². The third kappa shape index (κ3) is 2.69. The molecule has 2 aromatic carbocycles. The van der Waals surface area contributed by atoms with Gasteiger partial charge in [-0.1, -0.05) is 18.2 Å². The highest BCUT2D eigenvalue weighted by Crippen LogP contribution is 2.45. The second kappa shape index (κ2) is 5.79. The lowest BCUT2D eigenvalue weighted by Crippen LogP contribution is -2.49. The zero-order valence-corrected chi connectivity index (χ0v) is 14.1. The van der Waals surface area contributed by atoms with Crippen molar-refractivity contribution in [1.29, 1.82) is 0 Å². The molecule has 3 amide bonds. The van der Waals surface area contributed by atoms with Crippen molar-refractivity contribution in [3.05, 3.63) is 59.7 Å². The lowest BCUT2D eigenvalue weighted by Gasteiger charge is -2.36. The van der Waals surface area contributed by atoms with E-state index in [1.807, 2.05) is 0 Å². The Hall–Kier alpha value is -2.60. The van der Waals surface area contributed by atoms with E-state index in [1.54, 1.807) is 56.3 Å². The fraction of sp³-hybridized carbons (Fsp3) is 0.167. The first kappa shape index (κ1) is 16.3. The highest BCUT2D eigenvalue weighted by Gasteiger charge is 2.43. The largest absolute Gasteiger partial charge is 0.366 e. The summed E-state index contributed by atoms with van der Waals surface area (Å²) in [4.78, 5) is 39.2. The Morgan fingerprint density at radius 1 is 1.04 bits per heavy atom. The summed E-state index contributed by atoms with van der Waals surface area (Å²) in [5, 5.41) is 0. The monoisotopic (exact) mass is 340 g/mol. The molecule has 3 rings (SSSR count). The Labute approximate surface area is 143 Å². The van der Waals surface area contributed by atoms with Crippen LogP contribution < -0.4 is 10.6 Å². The Morgan fingerprint density at radius 3 is 2.33 bits per heavy atom. The molecule has 6 heteroatoms. The van der Waals surface area contributed by atoms with Gasteiger partial charge in [0.2, 0.25) is 11.8 Å². The summed E-state index contributed by atoms with van der Waals surface area (Å²) < 4.78 is -0.786. The molecule has 122 valence electrons. The zero-order valence-electron chi connectivity index (χ0n) is 13.3. The summed E-state index contributed by atoms with van der Waals surface area (Å²) in [5.74, 6) is -1.35. The number of fused-ring (bicyclic) bond motifs is 1. The second-order valence-corrected chi connectivity index (χ2v) is 7.64. The molecule has 1 heterocycles. The predicted molar refractivity (Wildman–Crippen MR) is 93.2 cm³/mol. The molecule has 2 aromatic rings. The third-order valence-electron chi connectivity index (χ3n) is 3.79. The van der Waals surface area contributed by atoms with Crippen molar-refractivity contribution >= 4 is 35.2 Å². The topological polar surface area (TPSA) is 80.5 Å². The van der Waals surface area contributed by atoms with E-state index in [0.717, 1.165) is 9.80 Å². The van der Waals surface area contributed by atoms with Gasteiger partial charge in [-0.25, -0.2) is 4.90 Å². The van der Waals surface area contributed by atoms with Crippen LogP contribution in [0.4, 0.5) is 5.69 Å². The minimum absolute atomic E-state index is 0.257. The first-order valence-electron chi connectivity index (χ1n) is 7.38. The number of anilines is 1. The minimum Gasteiger partial charge on any atom is -0.366 e. The highest BCUT2D eigenvalue weighted by atomic mass is 32.2. The maximum absolute atomic E-state index is 12.9. The molecule has 5 nitrogen and oxygen atoms in total. The number of thioether (sulfide) groups is 1. The second-order valence-electron chi connectivity index (χ2n) is 5.97. The summed E-state index contributed by atoms with van der Waals surface area (Å²) in [6.07, 6.45) is 0. The predicted octanol–water partition coefficient (Wildman–Crippen LogP) is 2.84. The first-order chi connectivity index (χ1) is 11.3. The van der Waals surface area contributed by atoms with Gasteiger partial charge >= 0.3 is 0 Å². The van der Waals surface area contributed by atoms with Crippen molar-refractivity contribution in [2.75, 3.05) is 4.90 Å². The van der Waals surface area contributed by atoms with Crippen LogP contribution >= 0.6 is 11.8 Å². The summed E-state index contributed by atoms with van der Waals surface area (Å²) >= 11 is 1.36. The summed E-state index contributed by atoms with van der Waals surface area (Å²) in [6.45, 7) is 3.55. The molecule has 0 spiro atoms. The van der Waals surface area contributed by atoms with Crippen molar-refractivity contribution < 1.29 is 14.4 Å². The fourth-order valence-electron chi connectivity index (χ4n) is 2.54. The molecule has 0 atom stereocenters. The lowest BCUT2D eigenvalue weighted by atomic mass is 10.1. The van der Waals surface area contributed by atoms with Gasteiger partial charge in [0.1, 0.15) is 0 Å². The summed E-state index contributed by atoms with van der Waals surface area (Å²) in [6, 6.07) is 13.4. The molecule has 0 aromatic heterocycles. The third-order valence-corrected chi connectivity index (χ3v) is 5.04. The molecule has 0 saturated heterocycles. The molecule has 1 aliphatic rings. The molecule has 0 bridgehead atoms. The van der Waals surface area contributed by atoms with E-state index in [4.69, 9.17) is 5.73 Å². The maximum atomic E-state index is 12.9. The normalized spacial score (nSPS) is 15.8. The standard InChI is InChI=1S/C18H16N2O3S/c1-18(2)17(23)20(16(22)11-6-4-3-5-7-11)13-10-12(15(19)21)8-9-14(13)24-18/h3-10H,1-2H3,(H2,19,21). The fourth-order valence-corrected chi connectivity index (χ4v) is 3.66. The van der Waals surface area contributed by atoms with Crippen molar-refractivity contribution in [2.45, 2.75) is 23.5 Å². The van der Waals surface area contributed by atoms with Crippen LogP contribution in [-0.4, -0.2) is 22.5 Å². The smallest absolute Gasteiger partial charge is 0.265 e. The van der Waals surface area contributed by atoms with Gasteiger partial charge in [0.15, 0.2) is 0 Å². The van der Waals surface area contributed by atoms with E-state index >= 15 is 0 Å². The Balaban J connectivity index is 2.17. The summed E-state index contributed by atoms with van der Waals surface area (Å²) in [5.41, 5.74) is 6.39. The van der Waals surface area contributed by atoms with E-state index < -0.39 is 16.6 Å². The molecule has 0 fully saturated rings. The number of carbonyl (C=O) groups excluding carboxylic acids is 3. The molecule has 2 N–H and O–H groups in total. The average molecular weight is 340 g/mol. The molecular formula is C18H16N2O3S. The number of nitrogens with zero attached hydrogens (tertiary/aromatic N) is 1. The van der Waals surface area contributed by atoms with E-state index in [9.17, 15) is 14.4 Å². The van der Waals surface area contributed by atoms with Crippen LogP contribution in [0.1, 0.15) is 34.6 Å². The zero-order chi connectivity index (χ0) is 17.5. The Kier molecular flexibility index (Phi) is 3.93. The van der Waals surface area contributed by atoms with Crippen LogP contribution in [0.2, 0.25) is 0 Å². The average Bonchev–Trinajstić information content (AvgIpc) is 2.55. The van der Waals surface area contributed by atoms with Crippen LogP contribution in [0.25, 0.3) is 0 Å². The maximum Gasteiger partial charge on any atom is 0.265 e. The number of hydrogen-bond acceptors (Lipinski definition) is 4. The van der Waals surface area contributed by atoms with Gasteiger partial charge < -0.3 is 5.73 Å². The number of nitrogens with two attached hydrogens (primary N) is 1. The van der Waals surface area contributed by atoms with Crippen LogP contribution in [0.15, 0.2) is 53.4 Å². The van der Waals surface area contributed by atoms with E-state index in [1.165, 1.54) is 17.8 Å². The molecule has 0 radical (unpaired) electrons. The molecule has 0 saturated carbocycles. The van der Waals surface area contributed by atoms with Crippen LogP contribution in [-0.2, 0) is 4.79 Å². The van der Waals surface area contributed by atoms with Crippen LogP contribution in [0, 0.1) is 0 Å². The number of rotatable bonds is 2. The van der Waals surface area contributed by atoms with E-state index in [2.05, 4.69) is 0 Å². The molecular weight excluding hydrogens is 324 g/mol. The van der Waals surface area contributed by atoms with Gasteiger partial charge in [0.05, 0.1) is 10.4 Å². The number of primary amides is 1. The molecule has 1 aliphatic heterocycles. The van der Waals surface area contributed by atoms with Crippen molar-refractivity contribution in [2.24, 2.45) is 5.73 Å². The van der Waals surface area contributed by atoms with Crippen LogP contribution in [0.3, 0.4) is 0 Å². The molecule has 0 unspecified atom stereocenters. The number of carbonyl (C=O) groups is 3. The number of amides is 3. The van der Waals surface area contributed by atoms with Gasteiger partial charge in [-0.2, -0.15) is 0 Å². The Bertz CT molecular complexity index is 847. The summed E-state index contributed by atoms with van der Waals surface area (Å²) in [7, 11) is 0. The first-order valence-corrected chi connectivity index (χ1v) is 8.20. The number of benzene rings is 2. The van der Waals surface area contributed by atoms with Crippen molar-refractivity contribution in [3.63, 3.8) is 0 Å². The molecule has 24 heavy (non-hydrogen) atoms. The van der Waals surface area contributed by atoms with Gasteiger partial charge in [-0.05, 0) is 44.2 Å². The van der Waals surface area contributed by atoms with Gasteiger partial charge in [0, 0.05) is 16.0 Å². The van der Waals surface area contributed by atoms with Crippen molar-refractivity contribution in [3.8, 4) is 0 Å². The van der Waals surface area contributed by atoms with Gasteiger partial charge in [-0.3, -0.25) is 14.4 Å². The minimum atomic E-state index is -0.786. The molecule has 0 aliphatic carbocycles. The van der Waals surface area contributed by atoms with Crippen molar-refractivity contribution in [1.82, 2.24) is 0 Å². The van der Waals surface area contributed by atoms with E-state index in [0.29, 0.717) is 11.3 Å². The lowest BCUT2D eigenvalue weighted by molar-refractivity contribution is -0.119. The Morgan fingerprint density at radius 2 is 1.71 bits per heavy atom. The quantitative estimate of drug-likeness (QED) is 0.853. The SMILES string of the molecule is CC1(C)Sc2ccc(C(N)=O)cc2N(C(=O)c2ccccc2)C1=O.